The van der Waals surface area contributed by atoms with E-state index >= 15 is 0 Å². The third-order valence-electron chi connectivity index (χ3n) is 4.74. The number of hydrogen-bond donors (Lipinski definition) is 0. The van der Waals surface area contributed by atoms with E-state index in [-0.39, 0.29) is 4.90 Å². The van der Waals surface area contributed by atoms with Crippen LogP contribution >= 0.6 is 35.1 Å². The van der Waals surface area contributed by atoms with Gasteiger partial charge in [-0.05, 0) is 36.6 Å². The zero-order valence-corrected chi connectivity index (χ0v) is 19.5. The molecule has 30 heavy (non-hydrogen) atoms. The van der Waals surface area contributed by atoms with Gasteiger partial charge in [-0.2, -0.15) is 4.31 Å². The average molecular weight is 482 g/mol. The van der Waals surface area contributed by atoms with Crippen LogP contribution < -0.4 is 0 Å². The summed E-state index contributed by atoms with van der Waals surface area (Å²) in [6.07, 6.45) is 3.44. The Morgan fingerprint density at radius 3 is 2.67 bits per heavy atom. The Labute approximate surface area is 189 Å². The number of morpholine rings is 1. The van der Waals surface area contributed by atoms with E-state index in [1.165, 1.54) is 22.3 Å². The fourth-order valence-corrected chi connectivity index (χ4v) is 5.98. The number of aromatic nitrogens is 2. The first-order valence-corrected chi connectivity index (χ1v) is 13.3. The van der Waals surface area contributed by atoms with Gasteiger partial charge in [0.25, 0.3) is 0 Å². The topological polar surface area (TPSA) is 72.4 Å². The van der Waals surface area contributed by atoms with Crippen molar-refractivity contribution in [3.8, 4) is 0 Å². The lowest BCUT2D eigenvalue weighted by molar-refractivity contribution is 0.0730. The molecule has 3 aromatic rings. The molecule has 1 aliphatic rings. The Hall–Kier alpha value is -1.36. The lowest BCUT2D eigenvalue weighted by Crippen LogP contribution is -2.40. The van der Waals surface area contributed by atoms with Gasteiger partial charge in [0.2, 0.25) is 10.0 Å². The van der Waals surface area contributed by atoms with E-state index in [9.17, 15) is 8.42 Å². The van der Waals surface area contributed by atoms with Crippen LogP contribution in [-0.4, -0.2) is 55.3 Å². The third-order valence-corrected chi connectivity index (χ3v) is 8.67. The average Bonchev–Trinajstić information content (AvgIpc) is 2.78. The van der Waals surface area contributed by atoms with Gasteiger partial charge in [0.15, 0.2) is 0 Å². The minimum Gasteiger partial charge on any atom is -0.379 e. The molecule has 1 saturated heterocycles. The summed E-state index contributed by atoms with van der Waals surface area (Å²) in [7, 11) is -3.53. The van der Waals surface area contributed by atoms with Gasteiger partial charge >= 0.3 is 0 Å². The van der Waals surface area contributed by atoms with E-state index < -0.39 is 10.0 Å². The minimum atomic E-state index is -3.53. The van der Waals surface area contributed by atoms with Crippen molar-refractivity contribution in [2.24, 2.45) is 0 Å². The number of pyridine rings is 2. The Morgan fingerprint density at radius 2 is 1.97 bits per heavy atom. The first-order chi connectivity index (χ1) is 14.5. The molecule has 1 aliphatic heterocycles. The number of nitrogens with zero attached hydrogens (tertiary/aromatic N) is 3. The summed E-state index contributed by atoms with van der Waals surface area (Å²) < 4.78 is 32.0. The molecule has 2 aromatic heterocycles. The van der Waals surface area contributed by atoms with E-state index in [0.717, 1.165) is 26.4 Å². The standard InChI is InChI=1S/C20H20ClN3O3S3/c1-28-16-3-2-14-10-15(20(21)23-18(14)11-16)13-29-19-5-4-17(12-22-19)30(25,26)24-6-8-27-9-7-24/h2-5,10-12H,6-9,13H2,1H3. The predicted octanol–water partition coefficient (Wildman–Crippen LogP) is 4.32. The predicted molar refractivity (Wildman–Crippen MR) is 122 cm³/mol. The van der Waals surface area contributed by atoms with Crippen molar-refractivity contribution in [3.05, 3.63) is 53.3 Å². The summed E-state index contributed by atoms with van der Waals surface area (Å²) >= 11 is 9.55. The SMILES string of the molecule is CSc1ccc2cc(CSc3ccc(S(=O)(=O)N4CCOCC4)cn3)c(Cl)nc2c1. The number of fused-ring (bicyclic) bond motifs is 1. The molecule has 3 heterocycles. The van der Waals surface area contributed by atoms with Crippen LogP contribution in [0.1, 0.15) is 5.56 Å². The third kappa shape index (κ3) is 4.76. The van der Waals surface area contributed by atoms with E-state index in [1.54, 1.807) is 23.9 Å². The zero-order valence-electron chi connectivity index (χ0n) is 16.2. The van der Waals surface area contributed by atoms with Crippen molar-refractivity contribution < 1.29 is 13.2 Å². The number of ether oxygens (including phenoxy) is 1. The summed E-state index contributed by atoms with van der Waals surface area (Å²) in [4.78, 5) is 10.2. The maximum atomic E-state index is 12.7. The molecule has 0 aliphatic carbocycles. The first-order valence-electron chi connectivity index (χ1n) is 9.27. The number of benzene rings is 1. The quantitative estimate of drug-likeness (QED) is 0.383. The van der Waals surface area contributed by atoms with Gasteiger partial charge in [-0.15, -0.1) is 23.5 Å². The number of sulfonamides is 1. The Kier molecular flexibility index (Phi) is 6.86. The molecule has 1 fully saturated rings. The molecule has 0 radical (unpaired) electrons. The highest BCUT2D eigenvalue weighted by atomic mass is 35.5. The largest absolute Gasteiger partial charge is 0.379 e. The van der Waals surface area contributed by atoms with E-state index in [0.29, 0.717) is 37.2 Å². The van der Waals surface area contributed by atoms with Crippen LogP contribution in [0, 0.1) is 0 Å². The highest BCUT2D eigenvalue weighted by molar-refractivity contribution is 7.98. The molecule has 6 nitrogen and oxygen atoms in total. The van der Waals surface area contributed by atoms with Crippen LogP contribution in [0.15, 0.2) is 57.4 Å². The van der Waals surface area contributed by atoms with E-state index in [2.05, 4.69) is 16.0 Å². The van der Waals surface area contributed by atoms with Gasteiger partial charge in [-0.3, -0.25) is 0 Å². The maximum Gasteiger partial charge on any atom is 0.244 e. The van der Waals surface area contributed by atoms with Crippen molar-refractivity contribution in [3.63, 3.8) is 0 Å². The molecule has 0 N–H and O–H groups in total. The second kappa shape index (κ2) is 9.42. The summed E-state index contributed by atoms with van der Waals surface area (Å²) in [5.41, 5.74) is 1.79. The number of hydrogen-bond acceptors (Lipinski definition) is 7. The summed E-state index contributed by atoms with van der Waals surface area (Å²) in [5.74, 6) is 0.592. The van der Waals surface area contributed by atoms with E-state index in [1.807, 2.05) is 24.5 Å². The summed E-state index contributed by atoms with van der Waals surface area (Å²) in [6, 6.07) is 11.5. The molecule has 0 saturated carbocycles. The van der Waals surface area contributed by atoms with Gasteiger partial charge in [0.05, 0.1) is 23.8 Å². The molecule has 158 valence electrons. The van der Waals surface area contributed by atoms with Crippen LogP contribution in [0.2, 0.25) is 5.15 Å². The van der Waals surface area contributed by atoms with Gasteiger partial charge in [0.1, 0.15) is 10.0 Å². The number of halogens is 1. The van der Waals surface area contributed by atoms with Crippen molar-refractivity contribution >= 4 is 56.1 Å². The second-order valence-electron chi connectivity index (χ2n) is 6.63. The Bertz CT molecular complexity index is 1150. The van der Waals surface area contributed by atoms with Crippen LogP contribution in [0.25, 0.3) is 10.9 Å². The maximum absolute atomic E-state index is 12.7. The van der Waals surface area contributed by atoms with Crippen LogP contribution in [0.4, 0.5) is 0 Å². The van der Waals surface area contributed by atoms with Crippen molar-refractivity contribution in [2.45, 2.75) is 20.6 Å². The minimum absolute atomic E-state index is 0.198. The molecule has 0 atom stereocenters. The highest BCUT2D eigenvalue weighted by Crippen LogP contribution is 2.29. The first kappa shape index (κ1) is 21.9. The smallest absolute Gasteiger partial charge is 0.244 e. The van der Waals surface area contributed by atoms with Crippen molar-refractivity contribution in [1.29, 1.82) is 0 Å². The molecule has 1 aromatic carbocycles. The molecular weight excluding hydrogens is 462 g/mol. The van der Waals surface area contributed by atoms with Crippen molar-refractivity contribution in [2.75, 3.05) is 32.6 Å². The fraction of sp³-hybridized carbons (Fsp3) is 0.300. The lowest BCUT2D eigenvalue weighted by Gasteiger charge is -2.25. The Balaban J connectivity index is 1.47. The van der Waals surface area contributed by atoms with Gasteiger partial charge in [0, 0.05) is 40.9 Å². The molecule has 0 spiro atoms. The van der Waals surface area contributed by atoms with Gasteiger partial charge < -0.3 is 4.74 Å². The molecule has 0 amide bonds. The van der Waals surface area contributed by atoms with Crippen LogP contribution in [0.3, 0.4) is 0 Å². The normalized spacial score (nSPS) is 15.5. The molecule has 0 bridgehead atoms. The second-order valence-corrected chi connectivity index (χ2v) is 10.8. The van der Waals surface area contributed by atoms with E-state index in [4.69, 9.17) is 16.3 Å². The monoisotopic (exact) mass is 481 g/mol. The molecule has 4 rings (SSSR count). The highest BCUT2D eigenvalue weighted by Gasteiger charge is 2.26. The van der Waals surface area contributed by atoms with Crippen LogP contribution in [0.5, 0.6) is 0 Å². The summed E-state index contributed by atoms with van der Waals surface area (Å²) in [6.45, 7) is 1.56. The Morgan fingerprint density at radius 1 is 1.17 bits per heavy atom. The van der Waals surface area contributed by atoms with Gasteiger partial charge in [-0.25, -0.2) is 18.4 Å². The fourth-order valence-electron chi connectivity index (χ4n) is 3.09. The zero-order chi connectivity index (χ0) is 21.1. The molecule has 10 heteroatoms. The molecule has 0 unspecified atom stereocenters. The number of rotatable bonds is 6. The summed E-state index contributed by atoms with van der Waals surface area (Å²) in [5, 5.41) is 2.23. The number of thioether (sulfide) groups is 2. The van der Waals surface area contributed by atoms with Gasteiger partial charge in [-0.1, -0.05) is 17.7 Å². The van der Waals surface area contributed by atoms with Crippen LogP contribution in [-0.2, 0) is 20.5 Å². The molecular formula is C20H20ClN3O3S3. The van der Waals surface area contributed by atoms with Crippen molar-refractivity contribution in [1.82, 2.24) is 14.3 Å². The lowest BCUT2D eigenvalue weighted by atomic mass is 10.2.